The summed E-state index contributed by atoms with van der Waals surface area (Å²) >= 11 is 0. The molecule has 0 spiro atoms. The minimum absolute atomic E-state index is 0. The summed E-state index contributed by atoms with van der Waals surface area (Å²) in [5.74, 6) is 0. The lowest BCUT2D eigenvalue weighted by Crippen LogP contribution is -1.62. The van der Waals surface area contributed by atoms with Crippen molar-refractivity contribution in [2.24, 2.45) is 0 Å². The summed E-state index contributed by atoms with van der Waals surface area (Å²) in [6.07, 6.45) is 0. The molecule has 14 heavy (non-hydrogen) atoms. The van der Waals surface area contributed by atoms with Crippen molar-refractivity contribution in [3.63, 3.8) is 0 Å². The second-order valence-electron chi connectivity index (χ2n) is 1.65. The van der Waals surface area contributed by atoms with Gasteiger partial charge >= 0.3 is 0 Å². The molecule has 0 aliphatic carbocycles. The average molecular weight is 193 g/mol. The first-order chi connectivity index (χ1) is 6.39. The molecular weight excluding hydrogens is 167 g/mol. The third-order valence-corrected chi connectivity index (χ3v) is 0.940. The zero-order chi connectivity index (χ0) is 11.1. The minimum atomic E-state index is 0. The van der Waals surface area contributed by atoms with E-state index in [1.807, 2.05) is 59.7 Å². The molecule has 81 valence electrons. The molecule has 0 bridgehead atoms. The van der Waals surface area contributed by atoms with E-state index in [4.69, 9.17) is 0 Å². The SMILES string of the molecule is CC.CC.CC.Cc1ccccc1.[B]. The maximum atomic E-state index is 2.08. The Morgan fingerprint density at radius 3 is 1.07 bits per heavy atom. The Labute approximate surface area is 93.3 Å². The summed E-state index contributed by atoms with van der Waals surface area (Å²) in [4.78, 5) is 0. The Bertz CT molecular complexity index is 135. The van der Waals surface area contributed by atoms with Gasteiger partial charge in [0.2, 0.25) is 0 Å². The van der Waals surface area contributed by atoms with Gasteiger partial charge in [-0.15, -0.1) is 0 Å². The third kappa shape index (κ3) is 22.5. The van der Waals surface area contributed by atoms with Crippen LogP contribution in [0.3, 0.4) is 0 Å². The van der Waals surface area contributed by atoms with Crippen LogP contribution in [0, 0.1) is 6.92 Å². The first kappa shape index (κ1) is 23.3. The molecule has 3 radical (unpaired) electrons. The molecule has 0 aliphatic heterocycles. The van der Waals surface area contributed by atoms with Gasteiger partial charge in [0, 0.05) is 8.41 Å². The Hall–Kier alpha value is -0.715. The third-order valence-electron chi connectivity index (χ3n) is 0.940. The van der Waals surface area contributed by atoms with Crippen LogP contribution in [0.1, 0.15) is 47.1 Å². The van der Waals surface area contributed by atoms with Crippen molar-refractivity contribution in [1.29, 1.82) is 0 Å². The fourth-order valence-electron chi connectivity index (χ4n) is 0.534. The molecule has 1 aromatic carbocycles. The normalized spacial score (nSPS) is 5.64. The molecule has 1 aromatic rings. The molecule has 0 N–H and O–H groups in total. The Morgan fingerprint density at radius 2 is 0.929 bits per heavy atom. The molecule has 0 unspecified atom stereocenters. The van der Waals surface area contributed by atoms with Crippen LogP contribution in [-0.4, -0.2) is 8.41 Å². The molecule has 0 nitrogen and oxygen atoms in total. The summed E-state index contributed by atoms with van der Waals surface area (Å²) in [5.41, 5.74) is 1.32. The summed E-state index contributed by atoms with van der Waals surface area (Å²) in [5, 5.41) is 0. The minimum Gasteiger partial charge on any atom is -0.0683 e. The van der Waals surface area contributed by atoms with Gasteiger partial charge in [-0.1, -0.05) is 77.4 Å². The molecule has 0 heterocycles. The highest BCUT2D eigenvalue weighted by atomic mass is 13.8. The first-order valence-electron chi connectivity index (χ1n) is 5.41. The van der Waals surface area contributed by atoms with Crippen molar-refractivity contribution >= 4 is 8.41 Å². The largest absolute Gasteiger partial charge is 0.0683 e. The van der Waals surface area contributed by atoms with Crippen LogP contribution >= 0.6 is 0 Å². The monoisotopic (exact) mass is 193 g/mol. The Kier molecular flexibility index (Phi) is 49.0. The van der Waals surface area contributed by atoms with Crippen molar-refractivity contribution < 1.29 is 0 Å². The average Bonchev–Trinajstić information content (AvgIpc) is 2.28. The number of hydrogen-bond acceptors (Lipinski definition) is 0. The molecule has 1 rings (SSSR count). The molecular formula is C13H26B. The van der Waals surface area contributed by atoms with E-state index in [0.717, 1.165) is 0 Å². The molecule has 0 atom stereocenters. The highest BCUT2D eigenvalue weighted by Gasteiger charge is 1.72. The number of benzene rings is 1. The lowest BCUT2D eigenvalue weighted by molar-refractivity contribution is 1.48. The molecule has 0 saturated heterocycles. The maximum absolute atomic E-state index is 2.08. The lowest BCUT2D eigenvalue weighted by Gasteiger charge is -1.82. The van der Waals surface area contributed by atoms with Gasteiger partial charge in [0.1, 0.15) is 0 Å². The van der Waals surface area contributed by atoms with Crippen molar-refractivity contribution in [3.05, 3.63) is 35.9 Å². The van der Waals surface area contributed by atoms with Gasteiger partial charge in [-0.25, -0.2) is 0 Å². The van der Waals surface area contributed by atoms with Gasteiger partial charge in [0.05, 0.1) is 0 Å². The van der Waals surface area contributed by atoms with Gasteiger partial charge in [-0.2, -0.15) is 0 Å². The summed E-state index contributed by atoms with van der Waals surface area (Å²) in [6, 6.07) is 10.3. The van der Waals surface area contributed by atoms with E-state index in [9.17, 15) is 0 Å². The van der Waals surface area contributed by atoms with Crippen LogP contribution in [0.2, 0.25) is 0 Å². The van der Waals surface area contributed by atoms with Crippen LogP contribution in [0.15, 0.2) is 30.3 Å². The maximum Gasteiger partial charge on any atom is 0 e. The fraction of sp³-hybridized carbons (Fsp3) is 0.538. The van der Waals surface area contributed by atoms with Crippen LogP contribution < -0.4 is 0 Å². The van der Waals surface area contributed by atoms with Crippen LogP contribution in [-0.2, 0) is 0 Å². The standard InChI is InChI=1S/C7H8.3C2H6.B/c1-7-5-3-2-4-6-7;3*1-2;/h2-6H,1H3;3*1-2H3;. The molecule has 0 amide bonds. The van der Waals surface area contributed by atoms with E-state index in [1.54, 1.807) is 0 Å². The first-order valence-corrected chi connectivity index (χ1v) is 5.41. The van der Waals surface area contributed by atoms with E-state index >= 15 is 0 Å². The van der Waals surface area contributed by atoms with E-state index in [2.05, 4.69) is 19.1 Å². The fourth-order valence-corrected chi connectivity index (χ4v) is 0.534. The van der Waals surface area contributed by atoms with Gasteiger partial charge < -0.3 is 0 Å². The van der Waals surface area contributed by atoms with Gasteiger partial charge in [0.15, 0.2) is 0 Å². The highest BCUT2D eigenvalue weighted by molar-refractivity contribution is 5.75. The van der Waals surface area contributed by atoms with Crippen LogP contribution in [0.5, 0.6) is 0 Å². The zero-order valence-electron chi connectivity index (χ0n) is 11.0. The van der Waals surface area contributed by atoms with Crippen molar-refractivity contribution in [1.82, 2.24) is 0 Å². The van der Waals surface area contributed by atoms with Crippen LogP contribution in [0.4, 0.5) is 0 Å². The summed E-state index contributed by atoms with van der Waals surface area (Å²) in [6.45, 7) is 14.1. The second-order valence-corrected chi connectivity index (χ2v) is 1.65. The molecule has 0 saturated carbocycles. The van der Waals surface area contributed by atoms with E-state index in [-0.39, 0.29) is 8.41 Å². The molecule has 0 fully saturated rings. The Balaban J connectivity index is -0.0000000625. The quantitative estimate of drug-likeness (QED) is 0.524. The van der Waals surface area contributed by atoms with E-state index in [1.165, 1.54) is 5.56 Å². The smallest absolute Gasteiger partial charge is 0 e. The molecule has 0 aliphatic rings. The van der Waals surface area contributed by atoms with Gasteiger partial charge in [-0.05, 0) is 6.92 Å². The van der Waals surface area contributed by atoms with Gasteiger partial charge in [-0.3, -0.25) is 0 Å². The topological polar surface area (TPSA) is 0 Å². The van der Waals surface area contributed by atoms with Crippen molar-refractivity contribution in [3.8, 4) is 0 Å². The van der Waals surface area contributed by atoms with Gasteiger partial charge in [0.25, 0.3) is 0 Å². The van der Waals surface area contributed by atoms with Crippen LogP contribution in [0.25, 0.3) is 0 Å². The zero-order valence-corrected chi connectivity index (χ0v) is 11.0. The number of hydrogen-bond donors (Lipinski definition) is 0. The Morgan fingerprint density at radius 1 is 0.643 bits per heavy atom. The summed E-state index contributed by atoms with van der Waals surface area (Å²) < 4.78 is 0. The number of aryl methyl sites for hydroxylation is 1. The number of rotatable bonds is 0. The van der Waals surface area contributed by atoms with E-state index in [0.29, 0.717) is 0 Å². The van der Waals surface area contributed by atoms with E-state index < -0.39 is 0 Å². The molecule has 1 heteroatoms. The predicted molar refractivity (Wildman–Crippen MR) is 71.0 cm³/mol. The predicted octanol–water partition coefficient (Wildman–Crippen LogP) is 4.69. The van der Waals surface area contributed by atoms with Crippen molar-refractivity contribution in [2.45, 2.75) is 48.5 Å². The molecule has 0 aromatic heterocycles. The second kappa shape index (κ2) is 29.5. The lowest BCUT2D eigenvalue weighted by atomic mass is 10.2. The van der Waals surface area contributed by atoms with Crippen molar-refractivity contribution in [2.75, 3.05) is 0 Å². The highest BCUT2D eigenvalue weighted by Crippen LogP contribution is 1.92. The summed E-state index contributed by atoms with van der Waals surface area (Å²) in [7, 11) is 0.